The fourth-order valence-corrected chi connectivity index (χ4v) is 3.47. The van der Waals surface area contributed by atoms with E-state index < -0.39 is 40.0 Å². The molecule has 2 N–H and O–H groups in total. The summed E-state index contributed by atoms with van der Waals surface area (Å²) in [7, 11) is 0. The lowest BCUT2D eigenvalue weighted by Crippen LogP contribution is -2.15. The molecule has 0 bridgehead atoms. The Balaban J connectivity index is 1.99. The molecule has 4 rings (SSSR count). The average Bonchev–Trinajstić information content (AvgIpc) is 3.13. The predicted molar refractivity (Wildman–Crippen MR) is 103 cm³/mol. The number of halogens is 5. The molecule has 0 amide bonds. The average molecular weight is 457 g/mol. The van der Waals surface area contributed by atoms with E-state index in [2.05, 4.69) is 5.10 Å². The van der Waals surface area contributed by atoms with Gasteiger partial charge in [-0.05, 0) is 30.3 Å². The molecule has 0 unspecified atom stereocenters. The first-order valence-corrected chi connectivity index (χ1v) is 8.92. The highest BCUT2D eigenvalue weighted by Crippen LogP contribution is 2.41. The maximum absolute atomic E-state index is 13.7. The second-order valence-corrected chi connectivity index (χ2v) is 7.12. The van der Waals surface area contributed by atoms with Crippen molar-refractivity contribution in [2.45, 2.75) is 6.18 Å². The molecule has 11 heteroatoms. The van der Waals surface area contributed by atoms with Gasteiger partial charge in [0, 0.05) is 21.8 Å². The highest BCUT2D eigenvalue weighted by Gasteiger charge is 2.40. The molecule has 0 aliphatic carbocycles. The fraction of sp³-hybridized carbons (Fsp3) is 0.0526. The quantitative estimate of drug-likeness (QED) is 0.395. The summed E-state index contributed by atoms with van der Waals surface area (Å²) in [6, 6.07) is 6.47. The van der Waals surface area contributed by atoms with Crippen LogP contribution in [-0.4, -0.2) is 20.0 Å². The van der Waals surface area contributed by atoms with Crippen LogP contribution in [0.25, 0.3) is 27.8 Å². The molecule has 0 spiro atoms. The Morgan fingerprint density at radius 2 is 1.73 bits per heavy atom. The Kier molecular flexibility index (Phi) is 4.67. The van der Waals surface area contributed by atoms with Crippen LogP contribution < -0.4 is 5.43 Å². The van der Waals surface area contributed by atoms with E-state index in [1.807, 2.05) is 0 Å². The van der Waals surface area contributed by atoms with Crippen molar-refractivity contribution in [2.24, 2.45) is 0 Å². The molecular formula is C19H9Cl2F3N2O4. The maximum Gasteiger partial charge on any atom is 0.450 e. The Bertz CT molecular complexity index is 1340. The summed E-state index contributed by atoms with van der Waals surface area (Å²) in [6.07, 6.45) is -2.82. The zero-order chi connectivity index (χ0) is 21.8. The molecule has 30 heavy (non-hydrogen) atoms. The predicted octanol–water partition coefficient (Wildman–Crippen LogP) is 5.38. The number of aromatic hydroxyl groups is 2. The topological polar surface area (TPSA) is 88.5 Å². The fourth-order valence-electron chi connectivity index (χ4n) is 2.96. The minimum Gasteiger partial charge on any atom is -0.504 e. The van der Waals surface area contributed by atoms with Gasteiger partial charge in [-0.15, -0.1) is 0 Å². The number of phenols is 2. The SMILES string of the molecule is O=c1c(-c2cnn(-c3cc(Cl)cc(Cl)c3)c2)c(C(F)(F)F)oc2c(O)c(O)ccc12. The number of fused-ring (bicyclic) bond motifs is 1. The Hall–Kier alpha value is -3.17. The first-order valence-electron chi connectivity index (χ1n) is 8.16. The van der Waals surface area contributed by atoms with Crippen LogP contribution in [-0.2, 0) is 6.18 Å². The highest BCUT2D eigenvalue weighted by molar-refractivity contribution is 6.34. The van der Waals surface area contributed by atoms with Crippen molar-refractivity contribution >= 4 is 34.2 Å². The second kappa shape index (κ2) is 6.96. The van der Waals surface area contributed by atoms with E-state index in [0.29, 0.717) is 5.69 Å². The van der Waals surface area contributed by atoms with Crippen molar-refractivity contribution in [1.82, 2.24) is 9.78 Å². The third-order valence-corrected chi connectivity index (χ3v) is 4.69. The van der Waals surface area contributed by atoms with Crippen molar-refractivity contribution in [2.75, 3.05) is 0 Å². The van der Waals surface area contributed by atoms with Crippen molar-refractivity contribution in [3.63, 3.8) is 0 Å². The molecule has 2 aromatic carbocycles. The Morgan fingerprint density at radius 3 is 2.37 bits per heavy atom. The summed E-state index contributed by atoms with van der Waals surface area (Å²) >= 11 is 11.9. The van der Waals surface area contributed by atoms with Crippen LogP contribution in [0.3, 0.4) is 0 Å². The van der Waals surface area contributed by atoms with Gasteiger partial charge in [0.2, 0.25) is 16.9 Å². The first kappa shape index (κ1) is 20.1. The highest BCUT2D eigenvalue weighted by atomic mass is 35.5. The van der Waals surface area contributed by atoms with Gasteiger partial charge in [-0.3, -0.25) is 4.79 Å². The lowest BCUT2D eigenvalue weighted by Gasteiger charge is -2.12. The summed E-state index contributed by atoms with van der Waals surface area (Å²) < 4.78 is 47.1. The van der Waals surface area contributed by atoms with Crippen molar-refractivity contribution in [3.8, 4) is 28.3 Å². The third kappa shape index (κ3) is 3.35. The molecule has 2 heterocycles. The van der Waals surface area contributed by atoms with Crippen molar-refractivity contribution in [3.05, 3.63) is 68.8 Å². The largest absolute Gasteiger partial charge is 0.504 e. The van der Waals surface area contributed by atoms with E-state index in [-0.39, 0.29) is 21.0 Å². The minimum absolute atomic E-state index is 0.179. The van der Waals surface area contributed by atoms with E-state index in [1.54, 1.807) is 0 Å². The van der Waals surface area contributed by atoms with E-state index >= 15 is 0 Å². The summed E-state index contributed by atoms with van der Waals surface area (Å²) in [5.74, 6) is -3.33. The molecule has 0 aliphatic rings. The van der Waals surface area contributed by atoms with Gasteiger partial charge in [-0.1, -0.05) is 23.2 Å². The minimum atomic E-state index is -5.07. The second-order valence-electron chi connectivity index (χ2n) is 6.24. The van der Waals surface area contributed by atoms with Gasteiger partial charge < -0.3 is 14.6 Å². The summed E-state index contributed by atoms with van der Waals surface area (Å²) in [6.45, 7) is 0. The number of rotatable bonds is 2. The number of aromatic nitrogens is 2. The molecule has 6 nitrogen and oxygen atoms in total. The number of nitrogens with zero attached hydrogens (tertiary/aromatic N) is 2. The Labute approximate surface area is 175 Å². The monoisotopic (exact) mass is 456 g/mol. The first-order chi connectivity index (χ1) is 14.1. The standard InChI is InChI=1S/C19H9Cl2F3N2O4/c20-9-3-10(21)5-11(4-9)26-7-8(6-25-26)14-15(28)12-1-2-13(27)16(29)17(12)30-18(14)19(22,23)24/h1-7,27,29H. The van der Waals surface area contributed by atoms with Gasteiger partial charge >= 0.3 is 6.18 Å². The number of hydrogen-bond donors (Lipinski definition) is 2. The maximum atomic E-state index is 13.7. The van der Waals surface area contributed by atoms with Gasteiger partial charge in [0.15, 0.2) is 11.3 Å². The Morgan fingerprint density at radius 1 is 1.07 bits per heavy atom. The number of alkyl halides is 3. The van der Waals surface area contributed by atoms with Crippen LogP contribution >= 0.6 is 23.2 Å². The normalized spacial score (nSPS) is 11.9. The van der Waals surface area contributed by atoms with Gasteiger partial charge in [0.1, 0.15) is 0 Å². The van der Waals surface area contributed by atoms with Gasteiger partial charge in [0.25, 0.3) is 0 Å². The van der Waals surface area contributed by atoms with Crippen LogP contribution in [0.2, 0.25) is 10.0 Å². The molecular weight excluding hydrogens is 448 g/mol. The molecule has 4 aromatic rings. The number of phenolic OH excluding ortho intramolecular Hbond substituents is 2. The van der Waals surface area contributed by atoms with Crippen LogP contribution in [0.4, 0.5) is 13.2 Å². The third-order valence-electron chi connectivity index (χ3n) is 4.25. The molecule has 0 fully saturated rings. The summed E-state index contributed by atoms with van der Waals surface area (Å²) in [4.78, 5) is 12.9. The molecule has 0 saturated carbocycles. The molecule has 0 atom stereocenters. The van der Waals surface area contributed by atoms with Gasteiger partial charge in [-0.25, -0.2) is 4.68 Å². The van der Waals surface area contributed by atoms with Crippen LogP contribution in [0.15, 0.2) is 51.9 Å². The van der Waals surface area contributed by atoms with Crippen molar-refractivity contribution in [1.29, 1.82) is 0 Å². The smallest absolute Gasteiger partial charge is 0.450 e. The molecule has 0 radical (unpaired) electrons. The van der Waals surface area contributed by atoms with Crippen LogP contribution in [0.1, 0.15) is 5.76 Å². The van der Waals surface area contributed by atoms with Crippen LogP contribution in [0.5, 0.6) is 11.5 Å². The lowest BCUT2D eigenvalue weighted by molar-refractivity contribution is -0.152. The number of benzene rings is 2. The van der Waals surface area contributed by atoms with Gasteiger partial charge in [0.05, 0.1) is 22.8 Å². The lowest BCUT2D eigenvalue weighted by atomic mass is 10.0. The van der Waals surface area contributed by atoms with Gasteiger partial charge in [-0.2, -0.15) is 18.3 Å². The zero-order valence-corrected chi connectivity index (χ0v) is 16.0. The summed E-state index contributed by atoms with van der Waals surface area (Å²) in [5, 5.41) is 23.6. The van der Waals surface area contributed by atoms with E-state index in [1.165, 1.54) is 29.1 Å². The van der Waals surface area contributed by atoms with E-state index in [0.717, 1.165) is 18.3 Å². The van der Waals surface area contributed by atoms with E-state index in [4.69, 9.17) is 27.6 Å². The molecule has 0 saturated heterocycles. The summed E-state index contributed by atoms with van der Waals surface area (Å²) in [5.41, 5.74) is -2.44. The van der Waals surface area contributed by atoms with E-state index in [9.17, 15) is 28.2 Å². The van der Waals surface area contributed by atoms with Crippen molar-refractivity contribution < 1.29 is 27.8 Å². The zero-order valence-electron chi connectivity index (χ0n) is 14.5. The molecule has 0 aliphatic heterocycles. The molecule has 154 valence electrons. The van der Waals surface area contributed by atoms with Crippen LogP contribution in [0, 0.1) is 0 Å². The number of hydrogen-bond acceptors (Lipinski definition) is 5. The molecule has 2 aromatic heterocycles.